The molecule has 0 bridgehead atoms. The molecule has 1 amide bonds. The predicted molar refractivity (Wildman–Crippen MR) is 126 cm³/mol. The van der Waals surface area contributed by atoms with Gasteiger partial charge in [0.15, 0.2) is 11.7 Å². The van der Waals surface area contributed by atoms with Crippen LogP contribution in [0.4, 0.5) is 5.13 Å². The summed E-state index contributed by atoms with van der Waals surface area (Å²) in [4.78, 5) is 28.5. The molecule has 0 fully saturated rings. The first-order chi connectivity index (χ1) is 15.9. The maximum atomic E-state index is 12.2. The average Bonchev–Trinajstić information content (AvgIpc) is 3.27. The molecule has 0 aliphatic heterocycles. The van der Waals surface area contributed by atoms with E-state index in [4.69, 9.17) is 18.9 Å². The van der Waals surface area contributed by atoms with Crippen LogP contribution in [0.25, 0.3) is 11.3 Å². The molecule has 8 nitrogen and oxygen atoms in total. The number of aromatic nitrogens is 1. The van der Waals surface area contributed by atoms with E-state index < -0.39 is 18.5 Å². The third-order valence-corrected chi connectivity index (χ3v) is 5.46. The molecule has 0 unspecified atom stereocenters. The molecular weight excluding hydrogens is 444 g/mol. The summed E-state index contributed by atoms with van der Waals surface area (Å²) < 4.78 is 21.3. The van der Waals surface area contributed by atoms with Gasteiger partial charge in [-0.05, 0) is 49.2 Å². The van der Waals surface area contributed by atoms with Gasteiger partial charge in [0.25, 0.3) is 5.91 Å². The number of nitrogens with one attached hydrogen (secondary N) is 1. The Hall–Kier alpha value is -3.59. The molecule has 174 valence electrons. The molecule has 9 heteroatoms. The summed E-state index contributed by atoms with van der Waals surface area (Å²) in [5, 5.41) is 4.82. The zero-order valence-electron chi connectivity index (χ0n) is 19.0. The van der Waals surface area contributed by atoms with Crippen LogP contribution in [0.15, 0.2) is 41.8 Å². The highest BCUT2D eigenvalue weighted by Gasteiger charge is 2.14. The molecule has 0 spiro atoms. The molecule has 0 saturated carbocycles. The quantitative estimate of drug-likeness (QED) is 0.439. The molecule has 0 aliphatic carbocycles. The summed E-state index contributed by atoms with van der Waals surface area (Å²) in [6.07, 6.45) is 0.0394. The van der Waals surface area contributed by atoms with Gasteiger partial charge in [0.05, 0.1) is 32.9 Å². The summed E-state index contributed by atoms with van der Waals surface area (Å²) in [6.45, 7) is 3.67. The number of carbonyl (C=O) groups is 2. The zero-order valence-corrected chi connectivity index (χ0v) is 19.8. The van der Waals surface area contributed by atoms with Gasteiger partial charge >= 0.3 is 5.97 Å². The van der Waals surface area contributed by atoms with E-state index in [0.29, 0.717) is 22.3 Å². The summed E-state index contributed by atoms with van der Waals surface area (Å²) in [7, 11) is 3.15. The SMILES string of the molecule is COc1ccc(OC)c(-c2csc(NC(=O)COC(=O)CCOc3cc(C)ccc3C)n2)c1. The highest BCUT2D eigenvalue weighted by molar-refractivity contribution is 7.14. The van der Waals surface area contributed by atoms with Gasteiger partial charge in [0.1, 0.15) is 17.2 Å². The van der Waals surface area contributed by atoms with E-state index in [1.54, 1.807) is 31.7 Å². The standard InChI is InChI=1S/C24H26N2O6S/c1-15-5-6-16(2)21(11-15)31-10-9-23(28)32-13-22(27)26-24-25-19(14-33-24)18-12-17(29-3)7-8-20(18)30-4/h5-8,11-12,14H,9-10,13H2,1-4H3,(H,25,26,27). The van der Waals surface area contributed by atoms with Crippen molar-refractivity contribution in [2.75, 3.05) is 32.8 Å². The highest BCUT2D eigenvalue weighted by atomic mass is 32.1. The molecule has 3 aromatic rings. The van der Waals surface area contributed by atoms with Gasteiger partial charge in [0, 0.05) is 10.9 Å². The van der Waals surface area contributed by atoms with E-state index in [1.165, 1.54) is 11.3 Å². The number of hydrogen-bond acceptors (Lipinski definition) is 8. The van der Waals surface area contributed by atoms with Crippen molar-refractivity contribution in [1.29, 1.82) is 0 Å². The van der Waals surface area contributed by atoms with Crippen molar-refractivity contribution in [3.05, 3.63) is 52.9 Å². The Balaban J connectivity index is 1.47. The Morgan fingerprint density at radius 3 is 2.61 bits per heavy atom. The fourth-order valence-electron chi connectivity index (χ4n) is 2.95. The van der Waals surface area contributed by atoms with E-state index in [1.807, 2.05) is 38.1 Å². The maximum Gasteiger partial charge on any atom is 0.309 e. The van der Waals surface area contributed by atoms with E-state index in [0.717, 1.165) is 22.4 Å². The van der Waals surface area contributed by atoms with Crippen molar-refractivity contribution < 1.29 is 28.5 Å². The number of hydrogen-bond donors (Lipinski definition) is 1. The van der Waals surface area contributed by atoms with Gasteiger partial charge < -0.3 is 18.9 Å². The number of carbonyl (C=O) groups excluding carboxylic acids is 2. The third-order valence-electron chi connectivity index (χ3n) is 4.70. The van der Waals surface area contributed by atoms with Gasteiger partial charge in [-0.1, -0.05) is 12.1 Å². The Bertz CT molecular complexity index is 1130. The van der Waals surface area contributed by atoms with E-state index in [9.17, 15) is 9.59 Å². The zero-order chi connectivity index (χ0) is 23.8. The van der Waals surface area contributed by atoms with E-state index >= 15 is 0 Å². The molecule has 0 aliphatic rings. The number of rotatable bonds is 10. The maximum absolute atomic E-state index is 12.2. The van der Waals surface area contributed by atoms with Gasteiger partial charge in [0.2, 0.25) is 0 Å². The number of aryl methyl sites for hydroxylation is 2. The Morgan fingerprint density at radius 2 is 1.85 bits per heavy atom. The second-order valence-electron chi connectivity index (χ2n) is 7.18. The minimum absolute atomic E-state index is 0.0394. The Labute approximate surface area is 196 Å². The van der Waals surface area contributed by atoms with Gasteiger partial charge in [-0.25, -0.2) is 4.98 Å². The van der Waals surface area contributed by atoms with Gasteiger partial charge in [-0.15, -0.1) is 11.3 Å². The fourth-order valence-corrected chi connectivity index (χ4v) is 3.68. The molecule has 2 aromatic carbocycles. The lowest BCUT2D eigenvalue weighted by Crippen LogP contribution is -2.21. The van der Waals surface area contributed by atoms with Crippen LogP contribution in [0.1, 0.15) is 17.5 Å². The van der Waals surface area contributed by atoms with Crippen molar-refractivity contribution in [3.8, 4) is 28.5 Å². The Morgan fingerprint density at radius 1 is 1.03 bits per heavy atom. The number of thiazole rings is 1. The largest absolute Gasteiger partial charge is 0.497 e. The number of nitrogens with zero attached hydrogens (tertiary/aromatic N) is 1. The monoisotopic (exact) mass is 470 g/mol. The molecular formula is C24H26N2O6S. The molecule has 0 atom stereocenters. The number of esters is 1. The molecule has 1 aromatic heterocycles. The van der Waals surface area contributed by atoms with Crippen LogP contribution in [0.2, 0.25) is 0 Å². The minimum atomic E-state index is -0.517. The van der Waals surface area contributed by atoms with E-state index in [-0.39, 0.29) is 13.0 Å². The first kappa shape index (κ1) is 24.1. The molecule has 3 rings (SSSR count). The number of amides is 1. The van der Waals surface area contributed by atoms with Crippen LogP contribution in [0.5, 0.6) is 17.2 Å². The van der Waals surface area contributed by atoms with Crippen LogP contribution in [0, 0.1) is 13.8 Å². The van der Waals surface area contributed by atoms with Gasteiger partial charge in [-0.2, -0.15) is 0 Å². The lowest BCUT2D eigenvalue weighted by atomic mass is 10.1. The topological polar surface area (TPSA) is 96.0 Å². The third kappa shape index (κ3) is 6.69. The van der Waals surface area contributed by atoms with Crippen molar-refractivity contribution >= 4 is 28.3 Å². The molecule has 1 N–H and O–H groups in total. The number of benzene rings is 2. The lowest BCUT2D eigenvalue weighted by Gasteiger charge is -2.10. The van der Waals surface area contributed by atoms with E-state index in [2.05, 4.69) is 10.3 Å². The number of methoxy groups -OCH3 is 2. The van der Waals surface area contributed by atoms with Crippen LogP contribution >= 0.6 is 11.3 Å². The second-order valence-corrected chi connectivity index (χ2v) is 8.04. The van der Waals surface area contributed by atoms with Crippen LogP contribution in [-0.2, 0) is 14.3 Å². The summed E-state index contributed by atoms with van der Waals surface area (Å²) in [6, 6.07) is 11.3. The van der Waals surface area contributed by atoms with Crippen molar-refractivity contribution in [1.82, 2.24) is 4.98 Å². The molecule has 33 heavy (non-hydrogen) atoms. The van der Waals surface area contributed by atoms with Crippen molar-refractivity contribution in [2.24, 2.45) is 0 Å². The second kappa shape index (κ2) is 11.3. The predicted octanol–water partition coefficient (Wildman–Crippen LogP) is 4.39. The minimum Gasteiger partial charge on any atom is -0.497 e. The first-order valence-electron chi connectivity index (χ1n) is 10.2. The van der Waals surface area contributed by atoms with Gasteiger partial charge in [-0.3, -0.25) is 14.9 Å². The summed E-state index contributed by atoms with van der Waals surface area (Å²) in [5.41, 5.74) is 3.43. The number of anilines is 1. The summed E-state index contributed by atoms with van der Waals surface area (Å²) in [5.74, 6) is 1.04. The normalized spacial score (nSPS) is 10.4. The number of ether oxygens (including phenoxy) is 4. The van der Waals surface area contributed by atoms with Crippen molar-refractivity contribution in [2.45, 2.75) is 20.3 Å². The van der Waals surface area contributed by atoms with Crippen LogP contribution in [-0.4, -0.2) is 44.3 Å². The van der Waals surface area contributed by atoms with Crippen LogP contribution in [0.3, 0.4) is 0 Å². The highest BCUT2D eigenvalue weighted by Crippen LogP contribution is 2.35. The lowest BCUT2D eigenvalue weighted by molar-refractivity contribution is -0.147. The Kier molecular flexibility index (Phi) is 8.26. The average molecular weight is 471 g/mol. The first-order valence-corrected chi connectivity index (χ1v) is 11.1. The molecule has 0 saturated heterocycles. The molecule has 1 heterocycles. The van der Waals surface area contributed by atoms with Crippen molar-refractivity contribution in [3.63, 3.8) is 0 Å². The smallest absolute Gasteiger partial charge is 0.309 e. The van der Waals surface area contributed by atoms with Crippen LogP contribution < -0.4 is 19.5 Å². The fraction of sp³-hybridized carbons (Fsp3) is 0.292. The summed E-state index contributed by atoms with van der Waals surface area (Å²) >= 11 is 1.25. The molecule has 0 radical (unpaired) electrons.